The van der Waals surface area contributed by atoms with E-state index >= 15 is 0 Å². The van der Waals surface area contributed by atoms with Crippen LogP contribution in [0.25, 0.3) is 0 Å². The summed E-state index contributed by atoms with van der Waals surface area (Å²) in [6.45, 7) is 0.186. The fourth-order valence-corrected chi connectivity index (χ4v) is 4.49. The largest absolute Gasteiger partial charge is 0.451 e. The van der Waals surface area contributed by atoms with Gasteiger partial charge in [-0.1, -0.05) is 41.7 Å². The zero-order valence-electron chi connectivity index (χ0n) is 17.7. The maximum atomic E-state index is 12.7. The van der Waals surface area contributed by atoms with Crippen molar-refractivity contribution in [3.63, 3.8) is 0 Å². The first kappa shape index (κ1) is 25.7. The lowest BCUT2D eigenvalue weighted by Gasteiger charge is -2.21. The number of anilines is 2. The van der Waals surface area contributed by atoms with Gasteiger partial charge in [0.1, 0.15) is 0 Å². The van der Waals surface area contributed by atoms with Gasteiger partial charge in [-0.2, -0.15) is 4.99 Å². The third-order valence-corrected chi connectivity index (χ3v) is 5.97. The summed E-state index contributed by atoms with van der Waals surface area (Å²) in [5.74, 6) is -0.324. The Kier molecular flexibility index (Phi) is 9.58. The van der Waals surface area contributed by atoms with Crippen LogP contribution < -0.4 is 10.2 Å². The topological polar surface area (TPSA) is 91.3 Å². The molecule has 0 aliphatic carbocycles. The van der Waals surface area contributed by atoms with E-state index in [9.17, 15) is 14.4 Å². The van der Waals surface area contributed by atoms with Gasteiger partial charge in [0, 0.05) is 9.79 Å². The molecule has 2 aromatic carbocycles. The molecule has 0 spiro atoms. The molecule has 0 aromatic heterocycles. The van der Waals surface area contributed by atoms with E-state index in [-0.39, 0.29) is 41.7 Å². The standard InChI is InChI=1S/C21H22N4O4S2.ClH/c1-24(2)12-18(26)22-16-10-9-15(31-14-7-5-4-6-8-14)11-17(16)25-19(27)13-30-20(25)23-21(28)29-3;/h4-11H,12-13H2,1-3H3,(H,22,26);1H/b23-20+;. The molecule has 2 aromatic rings. The fraction of sp³-hybridized carbons (Fsp3) is 0.238. The molecule has 1 saturated heterocycles. The van der Waals surface area contributed by atoms with Gasteiger partial charge in [-0.25, -0.2) is 4.79 Å². The Morgan fingerprint density at radius 2 is 1.91 bits per heavy atom. The van der Waals surface area contributed by atoms with Crippen LogP contribution in [0.4, 0.5) is 16.2 Å². The predicted octanol–water partition coefficient (Wildman–Crippen LogP) is 3.96. The zero-order valence-corrected chi connectivity index (χ0v) is 20.2. The molecule has 1 N–H and O–H groups in total. The molecule has 1 fully saturated rings. The van der Waals surface area contributed by atoms with E-state index in [1.165, 1.54) is 23.8 Å². The van der Waals surface area contributed by atoms with E-state index in [1.807, 2.05) is 36.4 Å². The SMILES string of the molecule is COC(=O)/N=C1/SCC(=O)N1c1cc(Sc2ccccc2)ccc1NC(=O)CN(C)C.Cl. The summed E-state index contributed by atoms with van der Waals surface area (Å²) < 4.78 is 4.62. The van der Waals surface area contributed by atoms with Crippen molar-refractivity contribution in [3.05, 3.63) is 48.5 Å². The Labute approximate surface area is 201 Å². The van der Waals surface area contributed by atoms with E-state index in [4.69, 9.17) is 0 Å². The number of carbonyl (C=O) groups excluding carboxylic acids is 3. The van der Waals surface area contributed by atoms with Crippen LogP contribution in [0.15, 0.2) is 63.3 Å². The van der Waals surface area contributed by atoms with Crippen molar-refractivity contribution in [2.24, 2.45) is 4.99 Å². The lowest BCUT2D eigenvalue weighted by atomic mass is 10.2. The number of nitrogens with one attached hydrogen (secondary N) is 1. The number of amidine groups is 1. The first-order chi connectivity index (χ1) is 14.9. The van der Waals surface area contributed by atoms with E-state index in [1.54, 1.807) is 31.1 Å². The van der Waals surface area contributed by atoms with Crippen molar-refractivity contribution >= 4 is 70.4 Å². The molecule has 3 amide bonds. The monoisotopic (exact) mass is 494 g/mol. The number of amides is 3. The molecule has 3 rings (SSSR count). The van der Waals surface area contributed by atoms with E-state index < -0.39 is 6.09 Å². The Hall–Kier alpha value is -2.53. The number of ether oxygens (including phenoxy) is 1. The number of benzene rings is 2. The average molecular weight is 495 g/mol. The smallest absolute Gasteiger partial charge is 0.435 e. The molecule has 170 valence electrons. The Morgan fingerprint density at radius 1 is 1.19 bits per heavy atom. The molecule has 8 nitrogen and oxygen atoms in total. The average Bonchev–Trinajstić information content (AvgIpc) is 3.09. The van der Waals surface area contributed by atoms with Crippen molar-refractivity contribution in [2.75, 3.05) is 43.7 Å². The molecule has 0 radical (unpaired) electrons. The second-order valence-electron chi connectivity index (χ2n) is 6.76. The number of rotatable bonds is 6. The zero-order chi connectivity index (χ0) is 22.4. The summed E-state index contributed by atoms with van der Waals surface area (Å²) in [5.41, 5.74) is 0.906. The van der Waals surface area contributed by atoms with Crippen molar-refractivity contribution in [1.82, 2.24) is 4.90 Å². The summed E-state index contributed by atoms with van der Waals surface area (Å²) in [6, 6.07) is 15.2. The molecule has 1 heterocycles. The minimum absolute atomic E-state index is 0. The van der Waals surface area contributed by atoms with E-state index in [2.05, 4.69) is 15.0 Å². The quantitative estimate of drug-likeness (QED) is 0.649. The second-order valence-corrected chi connectivity index (χ2v) is 8.85. The Bertz CT molecular complexity index is 1020. The predicted molar refractivity (Wildman–Crippen MR) is 131 cm³/mol. The summed E-state index contributed by atoms with van der Waals surface area (Å²) in [4.78, 5) is 45.6. The van der Waals surface area contributed by atoms with Gasteiger partial charge >= 0.3 is 6.09 Å². The summed E-state index contributed by atoms with van der Waals surface area (Å²) in [6.07, 6.45) is -0.796. The fourth-order valence-electron chi connectivity index (χ4n) is 2.77. The first-order valence-electron chi connectivity index (χ1n) is 9.31. The highest BCUT2D eigenvalue weighted by Gasteiger charge is 2.32. The van der Waals surface area contributed by atoms with Gasteiger partial charge in [0.2, 0.25) is 11.8 Å². The number of halogens is 1. The number of likely N-dealkylation sites (N-methyl/N-ethyl adjacent to an activating group) is 1. The van der Waals surface area contributed by atoms with Crippen LogP contribution in [0, 0.1) is 0 Å². The van der Waals surface area contributed by atoms with E-state index in [0.29, 0.717) is 11.4 Å². The van der Waals surface area contributed by atoms with Crippen LogP contribution >= 0.6 is 35.9 Å². The van der Waals surface area contributed by atoms with Crippen molar-refractivity contribution in [1.29, 1.82) is 0 Å². The summed E-state index contributed by atoms with van der Waals surface area (Å²) in [5, 5.41) is 3.06. The van der Waals surface area contributed by atoms with Gasteiger partial charge in [-0.3, -0.25) is 14.5 Å². The van der Waals surface area contributed by atoms with Crippen molar-refractivity contribution < 1.29 is 19.1 Å². The number of thioether (sulfide) groups is 1. The highest BCUT2D eigenvalue weighted by molar-refractivity contribution is 8.15. The molecule has 1 aliphatic rings. The highest BCUT2D eigenvalue weighted by atomic mass is 35.5. The van der Waals surface area contributed by atoms with Gasteiger partial charge in [0.25, 0.3) is 0 Å². The van der Waals surface area contributed by atoms with Gasteiger partial charge in [-0.15, -0.1) is 12.4 Å². The molecular weight excluding hydrogens is 472 g/mol. The van der Waals surface area contributed by atoms with Gasteiger partial charge < -0.3 is 15.0 Å². The van der Waals surface area contributed by atoms with Crippen LogP contribution in [0.2, 0.25) is 0 Å². The molecule has 0 atom stereocenters. The molecule has 32 heavy (non-hydrogen) atoms. The highest BCUT2D eigenvalue weighted by Crippen LogP contribution is 2.38. The number of nitrogens with zero attached hydrogens (tertiary/aromatic N) is 3. The van der Waals surface area contributed by atoms with E-state index in [0.717, 1.165) is 21.6 Å². The van der Waals surface area contributed by atoms with Crippen LogP contribution in [0.5, 0.6) is 0 Å². The molecular formula is C21H23ClN4O4S2. The molecule has 0 unspecified atom stereocenters. The number of hydrogen-bond acceptors (Lipinski definition) is 7. The lowest BCUT2D eigenvalue weighted by Crippen LogP contribution is -2.32. The van der Waals surface area contributed by atoms with Gasteiger partial charge in [0.05, 0.1) is 30.8 Å². The molecule has 11 heteroatoms. The van der Waals surface area contributed by atoms with Gasteiger partial charge in [0.15, 0.2) is 5.17 Å². The molecule has 1 aliphatic heterocycles. The Morgan fingerprint density at radius 3 is 2.56 bits per heavy atom. The maximum absolute atomic E-state index is 12.7. The van der Waals surface area contributed by atoms with Crippen LogP contribution in [0.3, 0.4) is 0 Å². The number of aliphatic imine (C=N–C) groups is 1. The Balaban J connectivity index is 0.00000363. The van der Waals surface area contributed by atoms with Crippen LogP contribution in [0.1, 0.15) is 0 Å². The summed E-state index contributed by atoms with van der Waals surface area (Å²) >= 11 is 2.67. The van der Waals surface area contributed by atoms with Gasteiger partial charge in [-0.05, 0) is 44.4 Å². The summed E-state index contributed by atoms with van der Waals surface area (Å²) in [7, 11) is 4.81. The van der Waals surface area contributed by atoms with Crippen LogP contribution in [-0.4, -0.2) is 61.5 Å². The maximum Gasteiger partial charge on any atom is 0.435 e. The first-order valence-corrected chi connectivity index (χ1v) is 11.1. The minimum Gasteiger partial charge on any atom is -0.451 e. The third-order valence-electron chi connectivity index (χ3n) is 4.05. The number of methoxy groups -OCH3 is 1. The van der Waals surface area contributed by atoms with Crippen molar-refractivity contribution in [3.8, 4) is 0 Å². The number of carbonyl (C=O) groups is 3. The number of hydrogen-bond donors (Lipinski definition) is 1. The van der Waals surface area contributed by atoms with Crippen LogP contribution in [-0.2, 0) is 14.3 Å². The lowest BCUT2D eigenvalue weighted by molar-refractivity contribution is -0.117. The molecule has 0 bridgehead atoms. The second kappa shape index (κ2) is 11.9. The normalized spacial score (nSPS) is 14.4. The molecule has 0 saturated carbocycles. The third kappa shape index (κ3) is 6.73. The minimum atomic E-state index is -0.796. The van der Waals surface area contributed by atoms with Crippen molar-refractivity contribution in [2.45, 2.75) is 9.79 Å².